The molecule has 2 bridgehead atoms. The zero-order valence-electron chi connectivity index (χ0n) is 11.1. The lowest BCUT2D eigenvalue weighted by Crippen LogP contribution is -2.19. The minimum atomic E-state index is -0.800. The Labute approximate surface area is 116 Å². The van der Waals surface area contributed by atoms with Gasteiger partial charge in [0.25, 0.3) is 0 Å². The number of carboxylic acid groups (broad SMARTS) is 1. The Kier molecular flexibility index (Phi) is 3.52. The van der Waals surface area contributed by atoms with Gasteiger partial charge in [0, 0.05) is 12.5 Å². The standard InChI is InChI=1S/C13H19N3O2S/c1-2-11-14-15-13(19-7-12(17)18)16(11)10-6-8-3-4-9(10)5-8/h8-10H,2-7H2,1H3,(H,17,18). The molecular weight excluding hydrogens is 262 g/mol. The van der Waals surface area contributed by atoms with Gasteiger partial charge >= 0.3 is 5.97 Å². The minimum absolute atomic E-state index is 0.0582. The van der Waals surface area contributed by atoms with Crippen LogP contribution in [0.15, 0.2) is 5.16 Å². The number of aliphatic carboxylic acids is 1. The molecule has 1 aromatic rings. The van der Waals surface area contributed by atoms with E-state index >= 15 is 0 Å². The largest absolute Gasteiger partial charge is 0.481 e. The lowest BCUT2D eigenvalue weighted by molar-refractivity contribution is -0.133. The first kappa shape index (κ1) is 13.0. The van der Waals surface area contributed by atoms with Gasteiger partial charge in [-0.3, -0.25) is 4.79 Å². The zero-order chi connectivity index (χ0) is 13.4. The molecule has 0 radical (unpaired) electrons. The van der Waals surface area contributed by atoms with Gasteiger partial charge in [0.05, 0.1) is 5.75 Å². The number of aryl methyl sites for hydroxylation is 1. The summed E-state index contributed by atoms with van der Waals surface area (Å²) in [6, 6.07) is 0.500. The van der Waals surface area contributed by atoms with Crippen molar-refractivity contribution in [1.29, 1.82) is 0 Å². The van der Waals surface area contributed by atoms with E-state index in [1.807, 2.05) is 0 Å². The molecule has 1 aromatic heterocycles. The van der Waals surface area contributed by atoms with E-state index in [1.165, 1.54) is 37.4 Å². The van der Waals surface area contributed by atoms with E-state index in [1.54, 1.807) is 0 Å². The molecule has 2 saturated carbocycles. The Morgan fingerprint density at radius 1 is 1.42 bits per heavy atom. The van der Waals surface area contributed by atoms with Gasteiger partial charge in [-0.2, -0.15) is 0 Å². The van der Waals surface area contributed by atoms with Gasteiger partial charge in [0.15, 0.2) is 5.16 Å². The highest BCUT2D eigenvalue weighted by Gasteiger charge is 2.42. The quantitative estimate of drug-likeness (QED) is 0.839. The molecule has 104 valence electrons. The summed E-state index contributed by atoms with van der Waals surface area (Å²) in [4.78, 5) is 10.7. The van der Waals surface area contributed by atoms with E-state index in [-0.39, 0.29) is 5.75 Å². The van der Waals surface area contributed by atoms with Gasteiger partial charge in [-0.25, -0.2) is 0 Å². The smallest absolute Gasteiger partial charge is 0.313 e. The van der Waals surface area contributed by atoms with Crippen LogP contribution < -0.4 is 0 Å². The Balaban J connectivity index is 1.85. The summed E-state index contributed by atoms with van der Waals surface area (Å²) in [6.45, 7) is 2.08. The number of aromatic nitrogens is 3. The summed E-state index contributed by atoms with van der Waals surface area (Å²) in [6.07, 6.45) is 6.07. The molecule has 6 heteroatoms. The summed E-state index contributed by atoms with van der Waals surface area (Å²) in [5.74, 6) is 1.87. The van der Waals surface area contributed by atoms with Crippen molar-refractivity contribution < 1.29 is 9.90 Å². The van der Waals surface area contributed by atoms with Crippen molar-refractivity contribution in [2.75, 3.05) is 5.75 Å². The molecule has 0 aliphatic heterocycles. The first-order valence-corrected chi connectivity index (χ1v) is 7.96. The number of hydrogen-bond acceptors (Lipinski definition) is 4. The molecular formula is C13H19N3O2S. The molecule has 0 aromatic carbocycles. The lowest BCUT2D eigenvalue weighted by Gasteiger charge is -2.25. The molecule has 3 rings (SSSR count). The average Bonchev–Trinajstić information content (AvgIpc) is 3.09. The third kappa shape index (κ3) is 2.38. The van der Waals surface area contributed by atoms with Crippen LogP contribution in [0, 0.1) is 11.8 Å². The summed E-state index contributed by atoms with van der Waals surface area (Å²) in [5, 5.41) is 18.1. The van der Waals surface area contributed by atoms with E-state index < -0.39 is 5.97 Å². The topological polar surface area (TPSA) is 68.0 Å². The van der Waals surface area contributed by atoms with Gasteiger partial charge < -0.3 is 9.67 Å². The average molecular weight is 281 g/mol. The maximum atomic E-state index is 10.7. The number of carboxylic acids is 1. The van der Waals surface area contributed by atoms with Crippen LogP contribution in [0.4, 0.5) is 0 Å². The second-order valence-corrected chi connectivity index (χ2v) is 6.49. The summed E-state index contributed by atoms with van der Waals surface area (Å²) in [7, 11) is 0. The fraction of sp³-hybridized carbons (Fsp3) is 0.769. The summed E-state index contributed by atoms with van der Waals surface area (Å²) in [5.41, 5.74) is 0. The number of hydrogen-bond donors (Lipinski definition) is 1. The van der Waals surface area contributed by atoms with E-state index in [9.17, 15) is 4.79 Å². The first-order valence-electron chi connectivity index (χ1n) is 6.97. The van der Waals surface area contributed by atoms with Gasteiger partial charge in [0.2, 0.25) is 0 Å². The second-order valence-electron chi connectivity index (χ2n) is 5.55. The highest BCUT2D eigenvalue weighted by atomic mass is 32.2. The number of carbonyl (C=O) groups is 1. The SMILES string of the molecule is CCc1nnc(SCC(=O)O)n1C1CC2CCC1C2. The number of rotatable bonds is 5. The number of thioether (sulfide) groups is 1. The molecule has 3 atom stereocenters. The molecule has 0 saturated heterocycles. The van der Waals surface area contributed by atoms with Crippen LogP contribution in [0.3, 0.4) is 0 Å². The van der Waals surface area contributed by atoms with Crippen LogP contribution in [0.2, 0.25) is 0 Å². The second kappa shape index (κ2) is 5.15. The Bertz CT molecular complexity index is 488. The van der Waals surface area contributed by atoms with E-state index in [0.29, 0.717) is 6.04 Å². The fourth-order valence-corrected chi connectivity index (χ4v) is 4.36. The Hall–Kier alpha value is -1.04. The molecule has 2 aliphatic carbocycles. The van der Waals surface area contributed by atoms with E-state index in [4.69, 9.17) is 5.11 Å². The molecule has 3 unspecified atom stereocenters. The van der Waals surface area contributed by atoms with Gasteiger partial charge in [-0.05, 0) is 31.1 Å². The summed E-state index contributed by atoms with van der Waals surface area (Å²) < 4.78 is 2.23. The van der Waals surface area contributed by atoms with Gasteiger partial charge in [-0.15, -0.1) is 10.2 Å². The van der Waals surface area contributed by atoms with Crippen molar-refractivity contribution in [3.05, 3.63) is 5.82 Å². The zero-order valence-corrected chi connectivity index (χ0v) is 11.9. The normalized spacial score (nSPS) is 29.0. The van der Waals surface area contributed by atoms with Crippen LogP contribution >= 0.6 is 11.8 Å². The summed E-state index contributed by atoms with van der Waals surface area (Å²) >= 11 is 1.30. The number of fused-ring (bicyclic) bond motifs is 2. The highest BCUT2D eigenvalue weighted by molar-refractivity contribution is 7.99. The first-order chi connectivity index (χ1) is 9.19. The highest BCUT2D eigenvalue weighted by Crippen LogP contribution is 2.51. The maximum Gasteiger partial charge on any atom is 0.313 e. The van der Waals surface area contributed by atoms with Crippen molar-refractivity contribution in [3.8, 4) is 0 Å². The van der Waals surface area contributed by atoms with Gasteiger partial charge in [0.1, 0.15) is 5.82 Å². The number of nitrogens with zero attached hydrogens (tertiary/aromatic N) is 3. The molecule has 19 heavy (non-hydrogen) atoms. The molecule has 5 nitrogen and oxygen atoms in total. The van der Waals surface area contributed by atoms with Crippen molar-refractivity contribution >= 4 is 17.7 Å². The maximum absolute atomic E-state index is 10.7. The third-order valence-electron chi connectivity index (χ3n) is 4.41. The van der Waals surface area contributed by atoms with Crippen LogP contribution in [0.1, 0.15) is 44.5 Å². The van der Waals surface area contributed by atoms with Crippen molar-refractivity contribution in [3.63, 3.8) is 0 Å². The molecule has 2 aliphatic rings. The molecule has 0 amide bonds. The van der Waals surface area contributed by atoms with Crippen LogP contribution in [-0.2, 0) is 11.2 Å². The fourth-order valence-electron chi connectivity index (χ4n) is 3.63. The Morgan fingerprint density at radius 2 is 2.26 bits per heavy atom. The van der Waals surface area contributed by atoms with Crippen LogP contribution in [-0.4, -0.2) is 31.6 Å². The molecule has 1 heterocycles. The minimum Gasteiger partial charge on any atom is -0.481 e. The Morgan fingerprint density at radius 3 is 2.84 bits per heavy atom. The van der Waals surface area contributed by atoms with Crippen LogP contribution in [0.5, 0.6) is 0 Å². The van der Waals surface area contributed by atoms with Crippen LogP contribution in [0.25, 0.3) is 0 Å². The van der Waals surface area contributed by atoms with Crippen molar-refractivity contribution in [1.82, 2.24) is 14.8 Å². The lowest BCUT2D eigenvalue weighted by atomic mass is 9.95. The van der Waals surface area contributed by atoms with Gasteiger partial charge in [-0.1, -0.05) is 25.1 Å². The monoisotopic (exact) mass is 281 g/mol. The molecule has 1 N–H and O–H groups in total. The van der Waals surface area contributed by atoms with Crippen molar-refractivity contribution in [2.24, 2.45) is 11.8 Å². The van der Waals surface area contributed by atoms with Crippen molar-refractivity contribution in [2.45, 2.75) is 50.2 Å². The predicted octanol–water partition coefficient (Wildman–Crippen LogP) is 2.38. The predicted molar refractivity (Wildman–Crippen MR) is 72.2 cm³/mol. The molecule has 2 fully saturated rings. The van der Waals surface area contributed by atoms with E-state index in [2.05, 4.69) is 21.7 Å². The molecule has 0 spiro atoms. The van der Waals surface area contributed by atoms with E-state index in [0.717, 1.165) is 29.2 Å². The third-order valence-corrected chi connectivity index (χ3v) is 5.34.